The number of halogens is 1. The second-order valence-electron chi connectivity index (χ2n) is 8.41. The van der Waals surface area contributed by atoms with Gasteiger partial charge in [0.25, 0.3) is 5.91 Å². The lowest BCUT2D eigenvalue weighted by Gasteiger charge is -2.33. The lowest BCUT2D eigenvalue weighted by atomic mass is 9.99. The van der Waals surface area contributed by atoms with Crippen LogP contribution in [0.5, 0.6) is 11.6 Å². The molecule has 32 heavy (non-hydrogen) atoms. The molecule has 1 aromatic carbocycles. The summed E-state index contributed by atoms with van der Waals surface area (Å²) in [6.07, 6.45) is 4.20. The van der Waals surface area contributed by atoms with Crippen LogP contribution in [0.1, 0.15) is 41.6 Å². The van der Waals surface area contributed by atoms with E-state index in [4.69, 9.17) is 19.1 Å². The van der Waals surface area contributed by atoms with Gasteiger partial charge in [0.2, 0.25) is 11.8 Å². The molecule has 3 aromatic rings. The van der Waals surface area contributed by atoms with Crippen molar-refractivity contribution in [2.45, 2.75) is 32.7 Å². The third-order valence-corrected chi connectivity index (χ3v) is 6.14. The summed E-state index contributed by atoms with van der Waals surface area (Å²) < 4.78 is 25.6. The maximum atomic E-state index is 14.3. The molecule has 4 heterocycles. The molecule has 2 aliphatic rings. The van der Waals surface area contributed by atoms with Gasteiger partial charge in [-0.05, 0) is 43.0 Å². The first-order valence-corrected chi connectivity index (χ1v) is 11.0. The molecule has 1 fully saturated rings. The Morgan fingerprint density at radius 2 is 1.94 bits per heavy atom. The summed E-state index contributed by atoms with van der Waals surface area (Å²) in [6.45, 7) is 4.79. The maximum Gasteiger partial charge on any atom is 0.289 e. The molecule has 0 bridgehead atoms. The van der Waals surface area contributed by atoms with Crippen molar-refractivity contribution < 1.29 is 18.3 Å². The van der Waals surface area contributed by atoms with E-state index in [9.17, 15) is 9.18 Å². The van der Waals surface area contributed by atoms with Gasteiger partial charge in [0.15, 0.2) is 17.3 Å². The van der Waals surface area contributed by atoms with Crippen molar-refractivity contribution in [3.8, 4) is 11.6 Å². The minimum atomic E-state index is -0.465. The van der Waals surface area contributed by atoms with Crippen LogP contribution in [0.2, 0.25) is 0 Å². The number of rotatable bonds is 4. The number of carbonyl (C=O) groups is 1. The van der Waals surface area contributed by atoms with E-state index in [1.807, 2.05) is 0 Å². The minimum absolute atomic E-state index is 0.0982. The van der Waals surface area contributed by atoms with Gasteiger partial charge < -0.3 is 19.0 Å². The zero-order valence-electron chi connectivity index (χ0n) is 18.0. The Hall–Kier alpha value is -3.42. The van der Waals surface area contributed by atoms with Crippen molar-refractivity contribution in [3.05, 3.63) is 65.5 Å². The summed E-state index contributed by atoms with van der Waals surface area (Å²) >= 11 is 0. The van der Waals surface area contributed by atoms with Crippen LogP contribution in [-0.2, 0) is 13.0 Å². The summed E-state index contributed by atoms with van der Waals surface area (Å²) in [5.74, 6) is 1.29. The third kappa shape index (κ3) is 4.04. The lowest BCUT2D eigenvalue weighted by Crippen LogP contribution is -2.38. The fourth-order valence-corrected chi connectivity index (χ4v) is 4.17. The number of hydrogen-bond acceptors (Lipinski definition) is 6. The molecule has 7 nitrogen and oxygen atoms in total. The molecule has 0 saturated carbocycles. The van der Waals surface area contributed by atoms with Gasteiger partial charge in [-0.2, -0.15) is 4.98 Å². The molecule has 8 heteroatoms. The van der Waals surface area contributed by atoms with E-state index in [1.54, 1.807) is 35.2 Å². The van der Waals surface area contributed by atoms with E-state index >= 15 is 0 Å². The van der Waals surface area contributed by atoms with E-state index in [1.165, 1.54) is 12.3 Å². The first-order valence-electron chi connectivity index (χ1n) is 11.0. The number of benzene rings is 1. The average molecular weight is 436 g/mol. The second kappa shape index (κ2) is 8.61. The fraction of sp³-hybridized carbons (Fsp3) is 0.375. The highest BCUT2D eigenvalue weighted by atomic mass is 19.1. The van der Waals surface area contributed by atoms with Gasteiger partial charge >= 0.3 is 0 Å². The number of anilines is 1. The normalized spacial score (nSPS) is 16.7. The molecule has 2 aliphatic heterocycles. The van der Waals surface area contributed by atoms with Gasteiger partial charge in [-0.15, -0.1) is 0 Å². The second-order valence-corrected chi connectivity index (χ2v) is 8.41. The molecule has 0 radical (unpaired) electrons. The van der Waals surface area contributed by atoms with Crippen LogP contribution < -0.4 is 9.64 Å². The van der Waals surface area contributed by atoms with Gasteiger partial charge in [0.05, 0.1) is 24.1 Å². The smallest absolute Gasteiger partial charge is 0.289 e. The Bertz CT molecular complexity index is 1110. The summed E-state index contributed by atoms with van der Waals surface area (Å²) in [6, 6.07) is 9.58. The SMILES string of the molecule is CC1CCN(c2nc3c(c(Oc4ccccc4F)n2)CN(C(=O)c2ccco2)CC3)CC1. The standard InChI is InChI=1S/C24H25FN4O3/c1-16-8-11-28(12-9-16)24-26-19-10-13-29(23(30)21-7-4-14-31-21)15-17(19)22(27-24)32-20-6-3-2-5-18(20)25/h2-7,14,16H,8-13,15H2,1H3. The number of para-hydroxylation sites is 1. The van der Waals surface area contributed by atoms with E-state index in [0.717, 1.165) is 31.6 Å². The van der Waals surface area contributed by atoms with E-state index in [2.05, 4.69) is 11.8 Å². The quantitative estimate of drug-likeness (QED) is 0.602. The number of aromatic nitrogens is 2. The molecule has 0 spiro atoms. The van der Waals surface area contributed by atoms with Gasteiger partial charge in [-0.1, -0.05) is 19.1 Å². The highest BCUT2D eigenvalue weighted by molar-refractivity contribution is 5.91. The molecular formula is C24H25FN4O3. The summed E-state index contributed by atoms with van der Waals surface area (Å²) in [5, 5.41) is 0. The van der Waals surface area contributed by atoms with Crippen molar-refractivity contribution in [1.29, 1.82) is 0 Å². The van der Waals surface area contributed by atoms with Crippen LogP contribution in [0.15, 0.2) is 47.1 Å². The Morgan fingerprint density at radius 1 is 1.12 bits per heavy atom. The van der Waals surface area contributed by atoms with Crippen LogP contribution in [0.25, 0.3) is 0 Å². The van der Waals surface area contributed by atoms with E-state index in [0.29, 0.717) is 36.3 Å². The Labute approximate surface area is 185 Å². The Balaban J connectivity index is 1.49. The number of piperidine rings is 1. The predicted octanol–water partition coefficient (Wildman–Crippen LogP) is 4.44. The largest absolute Gasteiger partial charge is 0.459 e. The average Bonchev–Trinajstić information content (AvgIpc) is 3.35. The number of hydrogen-bond donors (Lipinski definition) is 0. The van der Waals surface area contributed by atoms with Gasteiger partial charge in [0.1, 0.15) is 0 Å². The molecule has 2 aromatic heterocycles. The van der Waals surface area contributed by atoms with Crippen LogP contribution in [-0.4, -0.2) is 40.4 Å². The molecule has 5 rings (SSSR count). The summed E-state index contributed by atoms with van der Waals surface area (Å²) in [4.78, 5) is 26.2. The number of amides is 1. The highest BCUT2D eigenvalue weighted by Crippen LogP contribution is 2.33. The Morgan fingerprint density at radius 3 is 2.69 bits per heavy atom. The number of fused-ring (bicyclic) bond motifs is 1. The van der Waals surface area contributed by atoms with Crippen molar-refractivity contribution in [2.75, 3.05) is 24.5 Å². The van der Waals surface area contributed by atoms with Crippen molar-refractivity contribution in [1.82, 2.24) is 14.9 Å². The third-order valence-electron chi connectivity index (χ3n) is 6.14. The van der Waals surface area contributed by atoms with Crippen LogP contribution in [0.3, 0.4) is 0 Å². The topological polar surface area (TPSA) is 71.7 Å². The molecule has 0 unspecified atom stereocenters. The Kier molecular flexibility index (Phi) is 5.51. The predicted molar refractivity (Wildman–Crippen MR) is 116 cm³/mol. The zero-order valence-corrected chi connectivity index (χ0v) is 18.0. The first kappa shape index (κ1) is 20.5. The number of nitrogens with zero attached hydrogens (tertiary/aromatic N) is 4. The monoisotopic (exact) mass is 436 g/mol. The minimum Gasteiger partial charge on any atom is -0.459 e. The summed E-state index contributed by atoms with van der Waals surface area (Å²) in [5.41, 5.74) is 1.54. The maximum absolute atomic E-state index is 14.3. The molecular weight excluding hydrogens is 411 g/mol. The molecule has 166 valence electrons. The van der Waals surface area contributed by atoms with Crippen LogP contribution in [0.4, 0.5) is 10.3 Å². The zero-order chi connectivity index (χ0) is 22.1. The first-order chi connectivity index (χ1) is 15.6. The van der Waals surface area contributed by atoms with E-state index < -0.39 is 5.82 Å². The van der Waals surface area contributed by atoms with Crippen LogP contribution >= 0.6 is 0 Å². The molecule has 0 atom stereocenters. The summed E-state index contributed by atoms with van der Waals surface area (Å²) in [7, 11) is 0. The van der Waals surface area contributed by atoms with Gasteiger partial charge in [0, 0.05) is 26.1 Å². The number of carbonyl (C=O) groups excluding carboxylic acids is 1. The van der Waals surface area contributed by atoms with Gasteiger partial charge in [-0.25, -0.2) is 9.37 Å². The number of ether oxygens (including phenoxy) is 1. The van der Waals surface area contributed by atoms with Crippen molar-refractivity contribution in [3.63, 3.8) is 0 Å². The van der Waals surface area contributed by atoms with Crippen molar-refractivity contribution in [2.24, 2.45) is 5.92 Å². The fourth-order valence-electron chi connectivity index (χ4n) is 4.17. The van der Waals surface area contributed by atoms with Crippen LogP contribution in [0, 0.1) is 11.7 Å². The lowest BCUT2D eigenvalue weighted by molar-refractivity contribution is 0.0699. The molecule has 0 aliphatic carbocycles. The molecule has 1 amide bonds. The molecule has 0 N–H and O–H groups in total. The van der Waals surface area contributed by atoms with E-state index in [-0.39, 0.29) is 24.0 Å². The number of furan rings is 1. The molecule has 1 saturated heterocycles. The highest BCUT2D eigenvalue weighted by Gasteiger charge is 2.30. The van der Waals surface area contributed by atoms with Gasteiger partial charge in [-0.3, -0.25) is 4.79 Å². The van der Waals surface area contributed by atoms with Crippen molar-refractivity contribution >= 4 is 11.9 Å².